The van der Waals surface area contributed by atoms with E-state index in [2.05, 4.69) is 4.98 Å². The number of nitrogens with two attached hydrogens (primary N) is 1. The minimum atomic E-state index is -0.513. The maximum absolute atomic E-state index is 14.5. The lowest BCUT2D eigenvalue weighted by molar-refractivity contribution is 0.0240. The van der Waals surface area contributed by atoms with Gasteiger partial charge in [0, 0.05) is 37.9 Å². The Labute approximate surface area is 148 Å². The molecule has 1 atom stereocenters. The molecule has 1 amide bonds. The van der Waals surface area contributed by atoms with Gasteiger partial charge in [0.15, 0.2) is 11.6 Å². The van der Waals surface area contributed by atoms with Gasteiger partial charge < -0.3 is 20.3 Å². The zero-order chi connectivity index (χ0) is 18.2. The number of carbonyl (C=O) groups is 1. The third-order valence-corrected chi connectivity index (χ3v) is 4.59. The van der Waals surface area contributed by atoms with Crippen LogP contribution in [0.15, 0.2) is 6.07 Å². The molecule has 6 nitrogen and oxygen atoms in total. The summed E-state index contributed by atoms with van der Waals surface area (Å²) in [6.07, 6.45) is 2.05. The normalized spacial score (nSPS) is 21.1. The molecule has 138 valence electrons. The molecule has 2 aliphatic rings. The Morgan fingerprint density at radius 3 is 2.64 bits per heavy atom. The number of aromatic nitrogens is 1. The summed E-state index contributed by atoms with van der Waals surface area (Å²) in [6, 6.07) is 1.67. The molecule has 3 rings (SSSR count). The number of anilines is 1. The van der Waals surface area contributed by atoms with Crippen molar-refractivity contribution in [2.24, 2.45) is 5.73 Å². The number of fused-ring (bicyclic) bond motifs is 1. The Hall–Kier alpha value is -1.89. The molecule has 25 heavy (non-hydrogen) atoms. The van der Waals surface area contributed by atoms with Crippen molar-refractivity contribution in [3.8, 4) is 0 Å². The summed E-state index contributed by atoms with van der Waals surface area (Å²) in [4.78, 5) is 20.3. The van der Waals surface area contributed by atoms with Gasteiger partial charge in [-0.2, -0.15) is 0 Å². The highest BCUT2D eigenvalue weighted by Crippen LogP contribution is 2.26. The van der Waals surface area contributed by atoms with Crippen LogP contribution in [0.4, 0.5) is 15.0 Å². The Balaban J connectivity index is 1.66. The third kappa shape index (κ3) is 4.21. The maximum atomic E-state index is 14.5. The third-order valence-electron chi connectivity index (χ3n) is 4.59. The average molecular weight is 350 g/mol. The number of rotatable bonds is 1. The molecule has 0 radical (unpaired) electrons. The summed E-state index contributed by atoms with van der Waals surface area (Å²) in [5.74, 6) is 0.0802. The molecule has 7 heteroatoms. The number of pyridine rings is 1. The summed E-state index contributed by atoms with van der Waals surface area (Å²) < 4.78 is 19.9. The number of amides is 1. The summed E-state index contributed by atoms with van der Waals surface area (Å²) in [5, 5.41) is 0. The van der Waals surface area contributed by atoms with E-state index in [9.17, 15) is 9.18 Å². The van der Waals surface area contributed by atoms with Crippen molar-refractivity contribution < 1.29 is 13.9 Å². The quantitative estimate of drug-likeness (QED) is 0.840. The van der Waals surface area contributed by atoms with Crippen LogP contribution in [0.2, 0.25) is 0 Å². The summed E-state index contributed by atoms with van der Waals surface area (Å²) in [6.45, 7) is 7.62. The van der Waals surface area contributed by atoms with Crippen molar-refractivity contribution in [1.29, 1.82) is 0 Å². The lowest BCUT2D eigenvalue weighted by atomic mass is 9.92. The molecule has 0 bridgehead atoms. The first-order valence-corrected chi connectivity index (χ1v) is 8.89. The van der Waals surface area contributed by atoms with E-state index in [0.29, 0.717) is 38.4 Å². The second-order valence-corrected chi connectivity index (χ2v) is 7.86. The van der Waals surface area contributed by atoms with Crippen LogP contribution < -0.4 is 10.6 Å². The predicted molar refractivity (Wildman–Crippen MR) is 94.2 cm³/mol. The number of ether oxygens (including phenoxy) is 1. The number of carbonyl (C=O) groups excluding carboxylic acids is 1. The number of halogens is 1. The van der Waals surface area contributed by atoms with Crippen molar-refractivity contribution in [3.63, 3.8) is 0 Å². The van der Waals surface area contributed by atoms with Crippen LogP contribution in [0.3, 0.4) is 0 Å². The van der Waals surface area contributed by atoms with E-state index in [1.807, 2.05) is 25.7 Å². The Morgan fingerprint density at radius 1 is 1.32 bits per heavy atom. The van der Waals surface area contributed by atoms with E-state index in [1.54, 1.807) is 11.0 Å². The second kappa shape index (κ2) is 6.78. The Kier molecular flexibility index (Phi) is 4.86. The second-order valence-electron chi connectivity index (χ2n) is 7.86. The molecule has 0 aromatic carbocycles. The van der Waals surface area contributed by atoms with Crippen molar-refractivity contribution >= 4 is 11.9 Å². The van der Waals surface area contributed by atoms with Crippen molar-refractivity contribution in [3.05, 3.63) is 23.1 Å². The lowest BCUT2D eigenvalue weighted by Gasteiger charge is -2.36. The zero-order valence-corrected chi connectivity index (χ0v) is 15.2. The highest BCUT2D eigenvalue weighted by molar-refractivity contribution is 5.68. The maximum Gasteiger partial charge on any atom is 0.410 e. The van der Waals surface area contributed by atoms with Crippen LogP contribution >= 0.6 is 0 Å². The average Bonchev–Trinajstić information content (AvgIpc) is 2.52. The van der Waals surface area contributed by atoms with Gasteiger partial charge in [-0.05, 0) is 51.7 Å². The van der Waals surface area contributed by atoms with Crippen molar-refractivity contribution in [2.75, 3.05) is 31.1 Å². The molecule has 1 unspecified atom stereocenters. The summed E-state index contributed by atoms with van der Waals surface area (Å²) >= 11 is 0. The van der Waals surface area contributed by atoms with Crippen molar-refractivity contribution in [2.45, 2.75) is 51.7 Å². The largest absolute Gasteiger partial charge is 0.444 e. The molecule has 0 spiro atoms. The minimum Gasteiger partial charge on any atom is -0.444 e. The first-order chi connectivity index (χ1) is 11.7. The summed E-state index contributed by atoms with van der Waals surface area (Å²) in [7, 11) is 0. The van der Waals surface area contributed by atoms with Crippen molar-refractivity contribution in [1.82, 2.24) is 9.88 Å². The van der Waals surface area contributed by atoms with E-state index in [1.165, 1.54) is 0 Å². The highest BCUT2D eigenvalue weighted by atomic mass is 19.1. The zero-order valence-electron chi connectivity index (χ0n) is 15.2. The Morgan fingerprint density at radius 2 is 2.00 bits per heavy atom. The van der Waals surface area contributed by atoms with Gasteiger partial charge in [0.1, 0.15) is 5.60 Å². The molecular formula is C18H27FN4O2. The van der Waals surface area contributed by atoms with Crippen LogP contribution in [0, 0.1) is 5.82 Å². The number of nitrogens with zero attached hydrogens (tertiary/aromatic N) is 3. The van der Waals surface area contributed by atoms with Gasteiger partial charge in [0.25, 0.3) is 0 Å². The standard InChI is InChI=1S/C18H27FN4O2/c1-18(2,3)25-17(24)23-8-6-22(7-9-23)16-14(19)11-12-10-13(20)4-5-15(12)21-16/h11,13H,4-10,20H2,1-3H3. The first-order valence-electron chi connectivity index (χ1n) is 8.89. The minimum absolute atomic E-state index is 0.0944. The van der Waals surface area contributed by atoms with Crippen LogP contribution in [0.25, 0.3) is 0 Å². The van der Waals surface area contributed by atoms with Gasteiger partial charge >= 0.3 is 6.09 Å². The van der Waals surface area contributed by atoms with Gasteiger partial charge in [0.2, 0.25) is 0 Å². The summed E-state index contributed by atoms with van der Waals surface area (Å²) in [5.41, 5.74) is 7.32. The molecule has 1 aliphatic heterocycles. The van der Waals surface area contributed by atoms with Gasteiger partial charge in [-0.1, -0.05) is 0 Å². The lowest BCUT2D eigenvalue weighted by Crippen LogP contribution is -2.50. The topological polar surface area (TPSA) is 71.7 Å². The van der Waals surface area contributed by atoms with Crippen LogP contribution in [0.1, 0.15) is 38.4 Å². The smallest absolute Gasteiger partial charge is 0.410 e. The number of hydrogen-bond donors (Lipinski definition) is 1. The fourth-order valence-electron chi connectivity index (χ4n) is 3.30. The molecule has 1 aromatic rings. The molecule has 1 aliphatic carbocycles. The van der Waals surface area contributed by atoms with Crippen LogP contribution in [-0.2, 0) is 17.6 Å². The van der Waals surface area contributed by atoms with Gasteiger partial charge in [0.05, 0.1) is 0 Å². The van der Waals surface area contributed by atoms with E-state index in [0.717, 1.165) is 24.1 Å². The van der Waals surface area contributed by atoms with Gasteiger partial charge in [-0.25, -0.2) is 14.2 Å². The first kappa shape index (κ1) is 17.9. The SMILES string of the molecule is CC(C)(C)OC(=O)N1CCN(c2nc3c(cc2F)CC(N)CC3)CC1. The molecule has 2 N–H and O–H groups in total. The van der Waals surface area contributed by atoms with Crippen LogP contribution in [-0.4, -0.2) is 53.8 Å². The monoisotopic (exact) mass is 350 g/mol. The van der Waals surface area contributed by atoms with Gasteiger partial charge in [-0.3, -0.25) is 0 Å². The van der Waals surface area contributed by atoms with Crippen LogP contribution in [0.5, 0.6) is 0 Å². The van der Waals surface area contributed by atoms with Gasteiger partial charge in [-0.15, -0.1) is 0 Å². The molecule has 2 heterocycles. The molecule has 0 saturated carbocycles. The fourth-order valence-corrected chi connectivity index (χ4v) is 3.30. The molecule has 1 saturated heterocycles. The predicted octanol–water partition coefficient (Wildman–Crippen LogP) is 2.09. The van der Waals surface area contributed by atoms with E-state index in [4.69, 9.17) is 10.5 Å². The fraction of sp³-hybridized carbons (Fsp3) is 0.667. The van der Waals surface area contributed by atoms with E-state index < -0.39 is 5.60 Å². The van der Waals surface area contributed by atoms with E-state index >= 15 is 0 Å². The molecule has 1 aromatic heterocycles. The highest BCUT2D eigenvalue weighted by Gasteiger charge is 2.28. The Bertz CT molecular complexity index is 651. The van der Waals surface area contributed by atoms with E-state index in [-0.39, 0.29) is 18.0 Å². The number of piperazine rings is 1. The molecular weight excluding hydrogens is 323 g/mol. The molecule has 1 fully saturated rings. The number of aryl methyl sites for hydroxylation is 1. The number of hydrogen-bond acceptors (Lipinski definition) is 5.